The first kappa shape index (κ1) is 10.8. The van der Waals surface area contributed by atoms with Gasteiger partial charge in [0.05, 0.1) is 12.1 Å². The normalized spacial score (nSPS) is 20.9. The van der Waals surface area contributed by atoms with E-state index in [1.165, 1.54) is 0 Å². The van der Waals surface area contributed by atoms with E-state index in [-0.39, 0.29) is 11.6 Å². The Balaban J connectivity index is 2.01. The molecule has 17 heavy (non-hydrogen) atoms. The molecule has 0 unspecified atom stereocenters. The molecule has 2 amide bonds. The summed E-state index contributed by atoms with van der Waals surface area (Å²) in [5.41, 5.74) is 0.792. The zero-order valence-electron chi connectivity index (χ0n) is 9.75. The van der Waals surface area contributed by atoms with Crippen molar-refractivity contribution >= 4 is 23.4 Å². The highest BCUT2D eigenvalue weighted by Crippen LogP contribution is 2.44. The molecule has 1 saturated carbocycles. The number of halogens is 1. The Hall–Kier alpha value is -1.36. The van der Waals surface area contributed by atoms with Gasteiger partial charge in [0.15, 0.2) is 0 Å². The smallest absolute Gasteiger partial charge is 0.315 e. The van der Waals surface area contributed by atoms with Crippen LogP contribution in [0.5, 0.6) is 0 Å². The molecule has 3 rings (SSSR count). The molecule has 0 saturated heterocycles. The number of rotatable bonds is 1. The van der Waals surface area contributed by atoms with Gasteiger partial charge in [-0.25, -0.2) is 14.8 Å². The quantitative estimate of drug-likeness (QED) is 0.781. The van der Waals surface area contributed by atoms with Crippen LogP contribution in [0, 0.1) is 6.92 Å². The van der Waals surface area contributed by atoms with E-state index in [4.69, 9.17) is 11.6 Å². The molecule has 0 spiro atoms. The Kier molecular flexibility index (Phi) is 2.10. The SMILES string of the molecule is Cc1nc(Cl)c2c(n1)NC(=O)N(C1(C)CC1)C2. The number of anilines is 1. The monoisotopic (exact) mass is 252 g/mol. The number of carbonyl (C=O) groups excluding carboxylic acids is 1. The van der Waals surface area contributed by atoms with Crippen LogP contribution in [0.4, 0.5) is 10.6 Å². The molecule has 90 valence electrons. The van der Waals surface area contributed by atoms with Crippen molar-refractivity contribution in [1.82, 2.24) is 14.9 Å². The van der Waals surface area contributed by atoms with Crippen LogP contribution in [0.15, 0.2) is 0 Å². The van der Waals surface area contributed by atoms with Crippen LogP contribution >= 0.6 is 11.6 Å². The van der Waals surface area contributed by atoms with Crippen LogP contribution in [0.1, 0.15) is 31.2 Å². The second-order valence-corrected chi connectivity index (χ2v) is 5.26. The van der Waals surface area contributed by atoms with Gasteiger partial charge in [0.25, 0.3) is 0 Å². The molecule has 1 fully saturated rings. The molecule has 1 aliphatic heterocycles. The predicted octanol–water partition coefficient (Wildman–Crippen LogP) is 2.34. The fourth-order valence-corrected chi connectivity index (χ4v) is 2.36. The Morgan fingerprint density at radius 3 is 2.76 bits per heavy atom. The summed E-state index contributed by atoms with van der Waals surface area (Å²) in [5, 5.41) is 3.22. The van der Waals surface area contributed by atoms with Crippen molar-refractivity contribution in [3.8, 4) is 0 Å². The molecule has 6 heteroatoms. The van der Waals surface area contributed by atoms with E-state index in [0.717, 1.165) is 18.4 Å². The molecule has 1 aromatic heterocycles. The van der Waals surface area contributed by atoms with Crippen LogP contribution < -0.4 is 5.32 Å². The van der Waals surface area contributed by atoms with Gasteiger partial charge in [-0.3, -0.25) is 5.32 Å². The molecular weight excluding hydrogens is 240 g/mol. The van der Waals surface area contributed by atoms with Crippen molar-refractivity contribution in [2.24, 2.45) is 0 Å². The summed E-state index contributed by atoms with van der Waals surface area (Å²) in [6.07, 6.45) is 2.08. The number of hydrogen-bond acceptors (Lipinski definition) is 3. The highest BCUT2D eigenvalue weighted by Gasteiger charge is 2.47. The first-order valence-electron chi connectivity index (χ1n) is 5.61. The molecule has 0 aromatic carbocycles. The second-order valence-electron chi connectivity index (χ2n) is 4.90. The molecule has 1 aromatic rings. The van der Waals surface area contributed by atoms with E-state index in [0.29, 0.717) is 23.3 Å². The van der Waals surface area contributed by atoms with Gasteiger partial charge < -0.3 is 4.90 Å². The number of aromatic nitrogens is 2. The van der Waals surface area contributed by atoms with Crippen molar-refractivity contribution in [3.63, 3.8) is 0 Å². The van der Waals surface area contributed by atoms with Crippen LogP contribution in [0.25, 0.3) is 0 Å². The number of carbonyl (C=O) groups is 1. The lowest BCUT2D eigenvalue weighted by atomic mass is 10.2. The number of amides is 2. The van der Waals surface area contributed by atoms with Gasteiger partial charge in [0.1, 0.15) is 16.8 Å². The number of aryl methyl sites for hydroxylation is 1. The summed E-state index contributed by atoms with van der Waals surface area (Å²) in [6.45, 7) is 4.34. The first-order chi connectivity index (χ1) is 7.99. The standard InChI is InChI=1S/C11H13ClN4O/c1-6-13-8(12)7-5-16(11(2)3-4-11)10(17)15-9(7)14-6/h3-5H2,1-2H3,(H,13,14,15,17). The lowest BCUT2D eigenvalue weighted by Crippen LogP contribution is -2.46. The maximum Gasteiger partial charge on any atom is 0.323 e. The van der Waals surface area contributed by atoms with E-state index in [9.17, 15) is 4.79 Å². The summed E-state index contributed by atoms with van der Waals surface area (Å²) < 4.78 is 0. The van der Waals surface area contributed by atoms with Gasteiger partial charge in [0.2, 0.25) is 0 Å². The van der Waals surface area contributed by atoms with E-state index < -0.39 is 0 Å². The summed E-state index contributed by atoms with van der Waals surface area (Å²) in [6, 6.07) is -0.0910. The molecular formula is C11H13ClN4O. The molecule has 0 atom stereocenters. The highest BCUT2D eigenvalue weighted by molar-refractivity contribution is 6.30. The molecule has 1 aliphatic carbocycles. The third-order valence-electron chi connectivity index (χ3n) is 3.48. The van der Waals surface area contributed by atoms with Crippen molar-refractivity contribution in [2.75, 3.05) is 5.32 Å². The van der Waals surface area contributed by atoms with Crippen LogP contribution in [0.3, 0.4) is 0 Å². The third kappa shape index (κ3) is 1.65. The predicted molar refractivity (Wildman–Crippen MR) is 64.0 cm³/mol. The summed E-state index contributed by atoms with van der Waals surface area (Å²) in [5.74, 6) is 1.12. The van der Waals surface area contributed by atoms with E-state index in [2.05, 4.69) is 22.2 Å². The van der Waals surface area contributed by atoms with Crippen LogP contribution in [-0.4, -0.2) is 26.4 Å². The Morgan fingerprint density at radius 1 is 1.41 bits per heavy atom. The average Bonchev–Trinajstić information content (AvgIpc) is 2.95. The van der Waals surface area contributed by atoms with Crippen LogP contribution in [0.2, 0.25) is 5.15 Å². The van der Waals surface area contributed by atoms with Gasteiger partial charge in [-0.15, -0.1) is 0 Å². The summed E-state index contributed by atoms with van der Waals surface area (Å²) in [4.78, 5) is 22.1. The molecule has 2 heterocycles. The van der Waals surface area contributed by atoms with E-state index in [1.54, 1.807) is 6.92 Å². The number of nitrogens with one attached hydrogen (secondary N) is 1. The Bertz CT molecular complexity index is 512. The lowest BCUT2D eigenvalue weighted by molar-refractivity contribution is 0.178. The summed E-state index contributed by atoms with van der Waals surface area (Å²) >= 11 is 6.10. The zero-order chi connectivity index (χ0) is 12.2. The fraction of sp³-hybridized carbons (Fsp3) is 0.545. The number of urea groups is 1. The minimum Gasteiger partial charge on any atom is -0.315 e. The Labute approximate surface area is 104 Å². The van der Waals surface area contributed by atoms with Crippen molar-refractivity contribution < 1.29 is 4.79 Å². The third-order valence-corrected chi connectivity index (χ3v) is 3.79. The number of hydrogen-bond donors (Lipinski definition) is 1. The maximum absolute atomic E-state index is 12.0. The highest BCUT2D eigenvalue weighted by atomic mass is 35.5. The molecule has 1 N–H and O–H groups in total. The van der Waals surface area contributed by atoms with Gasteiger partial charge in [-0.1, -0.05) is 11.6 Å². The molecule has 2 aliphatic rings. The topological polar surface area (TPSA) is 58.1 Å². The van der Waals surface area contributed by atoms with Gasteiger partial charge in [0, 0.05) is 5.54 Å². The second kappa shape index (κ2) is 3.32. The summed E-state index contributed by atoms with van der Waals surface area (Å²) in [7, 11) is 0. The average molecular weight is 253 g/mol. The molecule has 5 nitrogen and oxygen atoms in total. The Morgan fingerprint density at radius 2 is 2.12 bits per heavy atom. The van der Waals surface area contributed by atoms with E-state index in [1.807, 2.05) is 4.90 Å². The fourth-order valence-electron chi connectivity index (χ4n) is 2.09. The molecule has 0 radical (unpaired) electrons. The first-order valence-corrected chi connectivity index (χ1v) is 5.99. The zero-order valence-corrected chi connectivity index (χ0v) is 10.5. The van der Waals surface area contributed by atoms with Gasteiger partial charge in [-0.05, 0) is 26.7 Å². The van der Waals surface area contributed by atoms with Gasteiger partial charge >= 0.3 is 6.03 Å². The van der Waals surface area contributed by atoms with Crippen molar-refractivity contribution in [2.45, 2.75) is 38.8 Å². The van der Waals surface area contributed by atoms with Crippen molar-refractivity contribution in [3.05, 3.63) is 16.5 Å². The maximum atomic E-state index is 12.0. The van der Waals surface area contributed by atoms with Crippen molar-refractivity contribution in [1.29, 1.82) is 0 Å². The van der Waals surface area contributed by atoms with E-state index >= 15 is 0 Å². The number of fused-ring (bicyclic) bond motifs is 1. The molecule has 0 bridgehead atoms. The van der Waals surface area contributed by atoms with Crippen LogP contribution in [-0.2, 0) is 6.54 Å². The van der Waals surface area contributed by atoms with Gasteiger partial charge in [-0.2, -0.15) is 0 Å². The largest absolute Gasteiger partial charge is 0.323 e. The minimum atomic E-state index is -0.0910. The minimum absolute atomic E-state index is 0.0179. The number of nitrogens with zero attached hydrogens (tertiary/aromatic N) is 3. The lowest BCUT2D eigenvalue weighted by Gasteiger charge is -2.33.